The lowest BCUT2D eigenvalue weighted by Crippen LogP contribution is -2.62. The Kier molecular flexibility index (Phi) is 31.5. The number of likely N-dealkylation sites (tertiary alicyclic amines) is 1. The molecule has 0 bridgehead atoms. The summed E-state index contributed by atoms with van der Waals surface area (Å²) in [6.45, 7) is 17.1. The number of nitrogens with zero attached hydrogens (tertiary/aromatic N) is 8. The highest BCUT2D eigenvalue weighted by atomic mass is 16.3. The molecule has 6 N–H and O–H groups in total. The standard InChI is InChI=1S/C73H113N13O14/c1-17-47(8)61-73(100)86-36-27-32-54(86)70(97)84(16)63(46(6)7)68(95)78-62(49(10)87)72(99)80(12)43-60(90)82(14)57(39-45(4)5)71(98)83(15)55(38-44(2)3)66(93)74-48(9)64(91)76-53(69(96)85-34-25-20-26-35-85)42-59(89)79(11)37-33-58(88)81(13)56(41-51-30-23-19-24-31-51)67(94)75-52(65(92)77-61)40-50-28-21-18-22-29-50/h18-19,21-24,28-31,44-49,52-57,61-63,87H,17,20,25-27,32-43H2,1-16H3,(H,74,93)(H,75,94)(H,76,91)(H,77,92)(H,78,95)/t47-,48-,49+,52-,53-,54-,55-,56-,57-,61-,62-,63-/m0/s1. The van der Waals surface area contributed by atoms with E-state index in [0.717, 1.165) is 11.3 Å². The Balaban J connectivity index is 1.59. The maximum Gasteiger partial charge on any atom is 0.248 e. The van der Waals surface area contributed by atoms with Crippen LogP contribution in [0.4, 0.5) is 0 Å². The molecule has 3 heterocycles. The number of rotatable bonds is 13. The zero-order chi connectivity index (χ0) is 74.6. The molecule has 554 valence electrons. The van der Waals surface area contributed by atoms with Gasteiger partial charge in [-0.05, 0) is 93.6 Å². The van der Waals surface area contributed by atoms with Crippen molar-refractivity contribution in [3.8, 4) is 0 Å². The van der Waals surface area contributed by atoms with Crippen LogP contribution in [0.1, 0.15) is 145 Å². The molecule has 5 rings (SSSR count). The molecule has 13 amide bonds. The molecule has 0 saturated carbocycles. The maximum atomic E-state index is 15.1. The van der Waals surface area contributed by atoms with Crippen molar-refractivity contribution in [3.63, 3.8) is 0 Å². The summed E-state index contributed by atoms with van der Waals surface area (Å²) in [5.41, 5.74) is 1.34. The van der Waals surface area contributed by atoms with Crippen molar-refractivity contribution in [2.45, 2.75) is 213 Å². The maximum absolute atomic E-state index is 15.1. The smallest absolute Gasteiger partial charge is 0.248 e. The lowest BCUT2D eigenvalue weighted by molar-refractivity contribution is -0.151. The summed E-state index contributed by atoms with van der Waals surface area (Å²) < 4.78 is 0. The highest BCUT2D eigenvalue weighted by Gasteiger charge is 2.45. The van der Waals surface area contributed by atoms with Crippen LogP contribution in [0.2, 0.25) is 0 Å². The highest BCUT2D eigenvalue weighted by Crippen LogP contribution is 2.26. The summed E-state index contributed by atoms with van der Waals surface area (Å²) in [7, 11) is 8.41. The van der Waals surface area contributed by atoms with Gasteiger partial charge in [-0.25, -0.2) is 0 Å². The molecule has 3 saturated heterocycles. The molecule has 2 aromatic rings. The van der Waals surface area contributed by atoms with Gasteiger partial charge in [0.15, 0.2) is 0 Å². The van der Waals surface area contributed by atoms with Crippen LogP contribution in [0, 0.1) is 23.7 Å². The van der Waals surface area contributed by atoms with E-state index in [1.54, 1.807) is 86.3 Å². The number of aliphatic hydroxyl groups is 1. The van der Waals surface area contributed by atoms with Crippen molar-refractivity contribution in [2.24, 2.45) is 23.7 Å². The number of benzene rings is 2. The van der Waals surface area contributed by atoms with Crippen LogP contribution in [0.3, 0.4) is 0 Å². The Morgan fingerprint density at radius 2 is 1.06 bits per heavy atom. The number of carbonyl (C=O) groups excluding carboxylic acids is 13. The van der Waals surface area contributed by atoms with Crippen molar-refractivity contribution in [2.75, 3.05) is 75.0 Å². The number of piperidine rings is 1. The second-order valence-corrected chi connectivity index (χ2v) is 28.8. The molecule has 3 aliphatic heterocycles. The molecule has 0 spiro atoms. The van der Waals surface area contributed by atoms with Crippen molar-refractivity contribution in [3.05, 3.63) is 71.8 Å². The van der Waals surface area contributed by atoms with Gasteiger partial charge in [-0.15, -0.1) is 0 Å². The van der Waals surface area contributed by atoms with Gasteiger partial charge in [0.25, 0.3) is 0 Å². The number of nitrogens with one attached hydrogen (secondary N) is 5. The van der Waals surface area contributed by atoms with Crippen LogP contribution in [0.5, 0.6) is 0 Å². The second-order valence-electron chi connectivity index (χ2n) is 28.8. The molecular weight excluding hydrogens is 1280 g/mol. The van der Waals surface area contributed by atoms with E-state index >= 15 is 14.4 Å². The third-order valence-corrected chi connectivity index (χ3v) is 19.6. The number of amides is 13. The molecule has 0 radical (unpaired) electrons. The van der Waals surface area contributed by atoms with E-state index in [0.29, 0.717) is 49.9 Å². The molecule has 100 heavy (non-hydrogen) atoms. The fourth-order valence-electron chi connectivity index (χ4n) is 13.1. The van der Waals surface area contributed by atoms with Crippen molar-refractivity contribution in [1.82, 2.24) is 65.8 Å². The summed E-state index contributed by atoms with van der Waals surface area (Å²) in [6.07, 6.45) is 1.07. The molecule has 27 heteroatoms. The quantitative estimate of drug-likeness (QED) is 0.167. The predicted octanol–water partition coefficient (Wildman–Crippen LogP) is 2.11. The summed E-state index contributed by atoms with van der Waals surface area (Å²) in [6, 6.07) is 4.94. The first-order valence-electron chi connectivity index (χ1n) is 35.5. The van der Waals surface area contributed by atoms with Crippen LogP contribution < -0.4 is 26.6 Å². The number of fused-ring (bicyclic) bond motifs is 1. The summed E-state index contributed by atoms with van der Waals surface area (Å²) >= 11 is 0. The minimum Gasteiger partial charge on any atom is -0.391 e. The lowest BCUT2D eigenvalue weighted by Gasteiger charge is -2.37. The minimum atomic E-state index is -1.64. The molecule has 27 nitrogen and oxygen atoms in total. The van der Waals surface area contributed by atoms with Crippen LogP contribution in [-0.2, 0) is 75.2 Å². The van der Waals surface area contributed by atoms with Gasteiger partial charge in [0.1, 0.15) is 60.4 Å². The van der Waals surface area contributed by atoms with Gasteiger partial charge < -0.3 is 70.9 Å². The minimum absolute atomic E-state index is 0.00328. The Morgan fingerprint density at radius 1 is 0.510 bits per heavy atom. The Morgan fingerprint density at radius 3 is 1.62 bits per heavy atom. The van der Waals surface area contributed by atoms with Gasteiger partial charge in [0.05, 0.1) is 19.1 Å². The Bertz CT molecular complexity index is 3160. The van der Waals surface area contributed by atoms with Gasteiger partial charge in [-0.1, -0.05) is 122 Å². The first kappa shape index (κ1) is 82.2. The number of carbonyl (C=O) groups is 13. The zero-order valence-electron chi connectivity index (χ0n) is 61.8. The van der Waals surface area contributed by atoms with Gasteiger partial charge in [0.2, 0.25) is 76.8 Å². The SMILES string of the molecule is CC[C@H](C)[C@@H]1NC(=O)[C@H](Cc2ccccc2)NC(=O)[C@H](Cc2ccccc2)N(C)C(=O)CCN(C)C(=O)C[C@@H](C(=O)N2CCCCC2)NC(=O)[C@H](C)NC(=O)[C@H](CC(C)C)N(C)C(=O)[C@H](CC(C)C)N(C)C(=O)CN(C)C(=O)[C@H]([C@@H](C)O)NC(=O)[C@H](C(C)C)N(C)C(=O)[C@@H]2CCCN2C1=O. The van der Waals surface area contributed by atoms with Crippen molar-refractivity contribution >= 4 is 76.8 Å². The van der Waals surface area contributed by atoms with Gasteiger partial charge in [0, 0.05) is 87.7 Å². The Hall–Kier alpha value is -8.49. The number of hydrogen-bond acceptors (Lipinski definition) is 14. The van der Waals surface area contributed by atoms with E-state index in [9.17, 15) is 53.1 Å². The molecule has 12 atom stereocenters. The molecule has 3 aliphatic rings. The van der Waals surface area contributed by atoms with E-state index in [1.165, 1.54) is 85.5 Å². The molecular formula is C73H113N13O14. The Labute approximate surface area is 590 Å². The topological polar surface area (TPSA) is 328 Å². The van der Waals surface area contributed by atoms with E-state index in [-0.39, 0.29) is 63.5 Å². The lowest BCUT2D eigenvalue weighted by atomic mass is 9.95. The molecule has 0 unspecified atom stereocenters. The van der Waals surface area contributed by atoms with Gasteiger partial charge in [-0.3, -0.25) is 62.3 Å². The second kappa shape index (κ2) is 38.4. The van der Waals surface area contributed by atoms with E-state index in [2.05, 4.69) is 26.6 Å². The number of likely N-dealkylation sites (N-methyl/N-ethyl adjacent to an activating group) is 5. The fourth-order valence-corrected chi connectivity index (χ4v) is 13.1. The van der Waals surface area contributed by atoms with E-state index in [1.807, 2.05) is 34.6 Å². The molecule has 2 aromatic carbocycles. The monoisotopic (exact) mass is 1400 g/mol. The average Bonchev–Trinajstić information content (AvgIpc) is 1.39. The number of hydrogen-bond donors (Lipinski definition) is 6. The van der Waals surface area contributed by atoms with Crippen LogP contribution in [-0.4, -0.2) is 263 Å². The summed E-state index contributed by atoms with van der Waals surface area (Å²) in [4.78, 5) is 200. The van der Waals surface area contributed by atoms with Crippen LogP contribution in [0.25, 0.3) is 0 Å². The van der Waals surface area contributed by atoms with Gasteiger partial charge in [-0.2, -0.15) is 0 Å². The van der Waals surface area contributed by atoms with Gasteiger partial charge >= 0.3 is 0 Å². The van der Waals surface area contributed by atoms with E-state index < -0.39 is 168 Å². The summed E-state index contributed by atoms with van der Waals surface area (Å²) in [5.74, 6) is -10.3. The van der Waals surface area contributed by atoms with Crippen molar-refractivity contribution < 1.29 is 67.4 Å². The molecule has 0 aromatic heterocycles. The first-order valence-corrected chi connectivity index (χ1v) is 35.5. The third kappa shape index (κ3) is 22.5. The average molecular weight is 1400 g/mol. The highest BCUT2D eigenvalue weighted by molar-refractivity contribution is 6.00. The van der Waals surface area contributed by atoms with Crippen LogP contribution >= 0.6 is 0 Å². The van der Waals surface area contributed by atoms with E-state index in [4.69, 9.17) is 0 Å². The summed E-state index contributed by atoms with van der Waals surface area (Å²) in [5, 5.41) is 25.1. The number of aliphatic hydroxyl groups excluding tert-OH is 1. The van der Waals surface area contributed by atoms with Crippen LogP contribution in [0.15, 0.2) is 60.7 Å². The molecule has 0 aliphatic carbocycles. The normalized spacial score (nSPS) is 26.3. The predicted molar refractivity (Wildman–Crippen MR) is 376 cm³/mol. The fraction of sp³-hybridized carbons (Fsp3) is 0.658. The van der Waals surface area contributed by atoms with Crippen molar-refractivity contribution in [1.29, 1.82) is 0 Å². The molecule has 3 fully saturated rings. The third-order valence-electron chi connectivity index (χ3n) is 19.6. The zero-order valence-corrected chi connectivity index (χ0v) is 61.8. The first-order chi connectivity index (χ1) is 47.1. The largest absolute Gasteiger partial charge is 0.391 e.